The highest BCUT2D eigenvalue weighted by atomic mass is 15.1. The molecular weight excluding hydrogens is 206 g/mol. The van der Waals surface area contributed by atoms with Crippen LogP contribution in [0.2, 0.25) is 0 Å². The average Bonchev–Trinajstić information content (AvgIpc) is 2.33. The summed E-state index contributed by atoms with van der Waals surface area (Å²) in [5.74, 6) is 1.60. The second-order valence-electron chi connectivity index (χ2n) is 5.89. The zero-order valence-electron chi connectivity index (χ0n) is 11.6. The predicted molar refractivity (Wildman–Crippen MR) is 75.6 cm³/mol. The van der Waals surface area contributed by atoms with Crippen LogP contribution in [0.3, 0.4) is 0 Å². The SMILES string of the molecule is CC(C)C(C)CC1CCc2ccccc2N1C. The van der Waals surface area contributed by atoms with Crippen LogP contribution in [0.25, 0.3) is 0 Å². The first-order valence-electron chi connectivity index (χ1n) is 6.90. The third-order valence-electron chi connectivity index (χ3n) is 4.45. The minimum atomic E-state index is 0.724. The zero-order chi connectivity index (χ0) is 12.4. The Morgan fingerprint density at radius 1 is 1.24 bits per heavy atom. The minimum absolute atomic E-state index is 0.724. The quantitative estimate of drug-likeness (QED) is 0.756. The molecule has 1 heterocycles. The molecule has 1 aromatic rings. The van der Waals surface area contributed by atoms with Crippen molar-refractivity contribution in [3.63, 3.8) is 0 Å². The molecule has 17 heavy (non-hydrogen) atoms. The number of para-hydroxylation sites is 1. The van der Waals surface area contributed by atoms with E-state index in [2.05, 4.69) is 57.0 Å². The molecule has 1 aromatic carbocycles. The summed E-state index contributed by atoms with van der Waals surface area (Å²) in [4.78, 5) is 2.50. The molecule has 0 saturated carbocycles. The average molecular weight is 231 g/mol. The molecule has 0 N–H and O–H groups in total. The molecule has 1 nitrogen and oxygen atoms in total. The van der Waals surface area contributed by atoms with Crippen LogP contribution in [0.4, 0.5) is 5.69 Å². The molecule has 1 aliphatic heterocycles. The van der Waals surface area contributed by atoms with Crippen molar-refractivity contribution in [3.8, 4) is 0 Å². The van der Waals surface area contributed by atoms with Gasteiger partial charge in [-0.05, 0) is 42.7 Å². The first-order chi connectivity index (χ1) is 8.09. The fourth-order valence-electron chi connectivity index (χ4n) is 2.76. The van der Waals surface area contributed by atoms with Crippen LogP contribution >= 0.6 is 0 Å². The molecule has 2 rings (SSSR count). The Morgan fingerprint density at radius 2 is 1.94 bits per heavy atom. The number of hydrogen-bond donors (Lipinski definition) is 0. The van der Waals surface area contributed by atoms with Gasteiger partial charge in [0.25, 0.3) is 0 Å². The van der Waals surface area contributed by atoms with Gasteiger partial charge in [0.2, 0.25) is 0 Å². The highest BCUT2D eigenvalue weighted by Crippen LogP contribution is 2.32. The van der Waals surface area contributed by atoms with Crippen LogP contribution in [0.5, 0.6) is 0 Å². The molecule has 1 heteroatoms. The molecule has 0 fully saturated rings. The van der Waals surface area contributed by atoms with Gasteiger partial charge in [0.05, 0.1) is 0 Å². The maximum absolute atomic E-state index is 2.50. The summed E-state index contributed by atoms with van der Waals surface area (Å²) in [7, 11) is 2.26. The Labute approximate surface area is 106 Å². The first-order valence-corrected chi connectivity index (χ1v) is 6.90. The number of aryl methyl sites for hydroxylation is 1. The van der Waals surface area contributed by atoms with E-state index < -0.39 is 0 Å². The third-order valence-corrected chi connectivity index (χ3v) is 4.45. The van der Waals surface area contributed by atoms with Gasteiger partial charge in [-0.3, -0.25) is 0 Å². The number of anilines is 1. The van der Waals surface area contributed by atoms with Gasteiger partial charge in [0, 0.05) is 18.8 Å². The fraction of sp³-hybridized carbons (Fsp3) is 0.625. The summed E-state index contributed by atoms with van der Waals surface area (Å²) in [5.41, 5.74) is 2.96. The van der Waals surface area contributed by atoms with E-state index in [4.69, 9.17) is 0 Å². The van der Waals surface area contributed by atoms with Crippen molar-refractivity contribution in [1.82, 2.24) is 0 Å². The number of hydrogen-bond acceptors (Lipinski definition) is 1. The molecular formula is C16H25N. The molecule has 2 atom stereocenters. The molecule has 0 aromatic heterocycles. The van der Waals surface area contributed by atoms with Crippen molar-refractivity contribution >= 4 is 5.69 Å². The number of nitrogens with zero attached hydrogens (tertiary/aromatic N) is 1. The summed E-state index contributed by atoms with van der Waals surface area (Å²) in [6.07, 6.45) is 3.88. The second kappa shape index (κ2) is 5.12. The summed E-state index contributed by atoms with van der Waals surface area (Å²) < 4.78 is 0. The van der Waals surface area contributed by atoms with Crippen LogP contribution in [0, 0.1) is 11.8 Å². The van der Waals surface area contributed by atoms with Gasteiger partial charge in [-0.15, -0.1) is 0 Å². The van der Waals surface area contributed by atoms with Crippen molar-refractivity contribution in [3.05, 3.63) is 29.8 Å². The van der Waals surface area contributed by atoms with Gasteiger partial charge >= 0.3 is 0 Å². The number of benzene rings is 1. The van der Waals surface area contributed by atoms with Gasteiger partial charge in [-0.2, -0.15) is 0 Å². The molecule has 2 unspecified atom stereocenters. The first kappa shape index (κ1) is 12.5. The predicted octanol–water partition coefficient (Wildman–Crippen LogP) is 4.12. The van der Waals surface area contributed by atoms with Gasteiger partial charge < -0.3 is 4.90 Å². The van der Waals surface area contributed by atoms with Crippen molar-refractivity contribution in [2.24, 2.45) is 11.8 Å². The van der Waals surface area contributed by atoms with Gasteiger partial charge in [-0.1, -0.05) is 39.0 Å². The maximum atomic E-state index is 2.50. The molecule has 0 bridgehead atoms. The molecule has 0 saturated heterocycles. The Morgan fingerprint density at radius 3 is 2.65 bits per heavy atom. The summed E-state index contributed by atoms with van der Waals surface area (Å²) >= 11 is 0. The van der Waals surface area contributed by atoms with E-state index in [9.17, 15) is 0 Å². The second-order valence-corrected chi connectivity index (χ2v) is 5.89. The Balaban J connectivity index is 2.09. The topological polar surface area (TPSA) is 3.24 Å². The van der Waals surface area contributed by atoms with Gasteiger partial charge in [0.1, 0.15) is 0 Å². The number of rotatable bonds is 3. The third kappa shape index (κ3) is 2.65. The van der Waals surface area contributed by atoms with Crippen molar-refractivity contribution in [2.75, 3.05) is 11.9 Å². The van der Waals surface area contributed by atoms with E-state index >= 15 is 0 Å². The standard InChI is InChI=1S/C16H25N/c1-12(2)13(3)11-15-10-9-14-7-5-6-8-16(14)17(15)4/h5-8,12-13,15H,9-11H2,1-4H3. The van der Waals surface area contributed by atoms with Crippen molar-refractivity contribution in [1.29, 1.82) is 0 Å². The van der Waals surface area contributed by atoms with Crippen LogP contribution in [0.1, 0.15) is 39.2 Å². The van der Waals surface area contributed by atoms with Crippen LogP contribution in [-0.2, 0) is 6.42 Å². The monoisotopic (exact) mass is 231 g/mol. The lowest BCUT2D eigenvalue weighted by Gasteiger charge is -2.38. The summed E-state index contributed by atoms with van der Waals surface area (Å²) in [6.45, 7) is 7.06. The largest absolute Gasteiger partial charge is 0.371 e. The lowest BCUT2D eigenvalue weighted by atomic mass is 9.86. The van der Waals surface area contributed by atoms with Crippen LogP contribution < -0.4 is 4.90 Å². The lowest BCUT2D eigenvalue weighted by molar-refractivity contribution is 0.343. The zero-order valence-corrected chi connectivity index (χ0v) is 11.6. The molecule has 0 spiro atoms. The maximum Gasteiger partial charge on any atom is 0.0398 e. The van der Waals surface area contributed by atoms with E-state index in [1.807, 2.05) is 0 Å². The number of fused-ring (bicyclic) bond motifs is 1. The lowest BCUT2D eigenvalue weighted by Crippen LogP contribution is -2.37. The normalized spacial score (nSPS) is 21.5. The van der Waals surface area contributed by atoms with Gasteiger partial charge in [-0.25, -0.2) is 0 Å². The van der Waals surface area contributed by atoms with Crippen molar-refractivity contribution in [2.45, 2.75) is 46.1 Å². The van der Waals surface area contributed by atoms with Gasteiger partial charge in [0.15, 0.2) is 0 Å². The van der Waals surface area contributed by atoms with E-state index in [1.54, 1.807) is 0 Å². The van der Waals surface area contributed by atoms with Crippen LogP contribution in [-0.4, -0.2) is 13.1 Å². The highest BCUT2D eigenvalue weighted by molar-refractivity contribution is 5.55. The Kier molecular flexibility index (Phi) is 3.76. The molecule has 0 aliphatic carbocycles. The van der Waals surface area contributed by atoms with E-state index in [0.717, 1.165) is 17.9 Å². The Bertz CT molecular complexity index is 370. The van der Waals surface area contributed by atoms with E-state index in [1.165, 1.54) is 30.5 Å². The van der Waals surface area contributed by atoms with E-state index in [0.29, 0.717) is 0 Å². The molecule has 0 radical (unpaired) electrons. The highest BCUT2D eigenvalue weighted by Gasteiger charge is 2.25. The molecule has 1 aliphatic rings. The molecule has 94 valence electrons. The Hall–Kier alpha value is -0.980. The van der Waals surface area contributed by atoms with Crippen LogP contribution in [0.15, 0.2) is 24.3 Å². The van der Waals surface area contributed by atoms with E-state index in [-0.39, 0.29) is 0 Å². The fourth-order valence-corrected chi connectivity index (χ4v) is 2.76. The van der Waals surface area contributed by atoms with Crippen molar-refractivity contribution < 1.29 is 0 Å². The molecule has 0 amide bonds. The summed E-state index contributed by atoms with van der Waals surface area (Å²) in [6, 6.07) is 9.57. The smallest absolute Gasteiger partial charge is 0.0398 e. The minimum Gasteiger partial charge on any atom is -0.371 e. The summed E-state index contributed by atoms with van der Waals surface area (Å²) in [5, 5.41) is 0.